The fourth-order valence-electron chi connectivity index (χ4n) is 2.96. The zero-order chi connectivity index (χ0) is 12.4. The maximum absolute atomic E-state index is 11.9. The van der Waals surface area contributed by atoms with Crippen molar-refractivity contribution in [3.05, 3.63) is 0 Å². The van der Waals surface area contributed by atoms with Gasteiger partial charge < -0.3 is 16.2 Å². The molecule has 4 N–H and O–H groups in total. The third-order valence-electron chi connectivity index (χ3n) is 4.03. The van der Waals surface area contributed by atoms with Gasteiger partial charge >= 0.3 is 5.97 Å². The van der Waals surface area contributed by atoms with Crippen molar-refractivity contribution in [1.29, 1.82) is 0 Å². The highest BCUT2D eigenvalue weighted by atomic mass is 16.4. The molecule has 96 valence electrons. The molecule has 0 spiro atoms. The first kappa shape index (κ1) is 12.4. The molecule has 0 radical (unpaired) electrons. The lowest BCUT2D eigenvalue weighted by Gasteiger charge is -2.19. The highest BCUT2D eigenvalue weighted by Gasteiger charge is 2.34. The molecular formula is C12H20N2O3. The van der Waals surface area contributed by atoms with E-state index in [1.807, 2.05) is 0 Å². The molecule has 0 bridgehead atoms. The smallest absolute Gasteiger partial charge is 0.306 e. The molecule has 4 atom stereocenters. The minimum atomic E-state index is -0.751. The van der Waals surface area contributed by atoms with Crippen LogP contribution in [0.25, 0.3) is 0 Å². The van der Waals surface area contributed by atoms with Crippen LogP contribution in [0.1, 0.15) is 38.5 Å². The minimum absolute atomic E-state index is 0.0195. The molecule has 17 heavy (non-hydrogen) atoms. The first-order chi connectivity index (χ1) is 8.08. The van der Waals surface area contributed by atoms with Crippen LogP contribution in [0.3, 0.4) is 0 Å². The molecule has 0 saturated heterocycles. The van der Waals surface area contributed by atoms with Crippen LogP contribution in [0.4, 0.5) is 0 Å². The molecule has 0 aromatic heterocycles. The second-order valence-electron chi connectivity index (χ2n) is 5.25. The van der Waals surface area contributed by atoms with Gasteiger partial charge in [0, 0.05) is 12.1 Å². The second-order valence-corrected chi connectivity index (χ2v) is 5.25. The van der Waals surface area contributed by atoms with Gasteiger partial charge in [-0.2, -0.15) is 0 Å². The molecule has 0 aliphatic heterocycles. The Labute approximate surface area is 101 Å². The summed E-state index contributed by atoms with van der Waals surface area (Å²) in [4.78, 5) is 22.8. The molecule has 0 heterocycles. The summed E-state index contributed by atoms with van der Waals surface area (Å²) in [6.07, 6.45) is 4.79. The molecule has 2 aliphatic rings. The molecule has 2 aliphatic carbocycles. The Balaban J connectivity index is 1.82. The lowest BCUT2D eigenvalue weighted by Crippen LogP contribution is -2.42. The van der Waals surface area contributed by atoms with E-state index in [0.717, 1.165) is 25.7 Å². The summed E-state index contributed by atoms with van der Waals surface area (Å²) in [6.45, 7) is 0. The van der Waals surface area contributed by atoms with Crippen LogP contribution in [-0.4, -0.2) is 29.1 Å². The van der Waals surface area contributed by atoms with E-state index in [1.54, 1.807) is 0 Å². The predicted octanol–water partition coefficient (Wildman–Crippen LogP) is 0.483. The number of carboxylic acid groups (broad SMARTS) is 1. The quantitative estimate of drug-likeness (QED) is 0.669. The first-order valence-electron chi connectivity index (χ1n) is 6.36. The Morgan fingerprint density at radius 2 is 1.94 bits per heavy atom. The summed E-state index contributed by atoms with van der Waals surface area (Å²) in [5.41, 5.74) is 5.87. The molecular weight excluding hydrogens is 220 g/mol. The van der Waals surface area contributed by atoms with Crippen molar-refractivity contribution in [1.82, 2.24) is 5.32 Å². The van der Waals surface area contributed by atoms with Crippen LogP contribution in [0, 0.1) is 11.8 Å². The topological polar surface area (TPSA) is 92.4 Å². The lowest BCUT2D eigenvalue weighted by atomic mass is 10.0. The van der Waals surface area contributed by atoms with Crippen molar-refractivity contribution in [3.63, 3.8) is 0 Å². The van der Waals surface area contributed by atoms with Gasteiger partial charge in [-0.25, -0.2) is 0 Å². The number of carbonyl (C=O) groups excluding carboxylic acids is 1. The van der Waals surface area contributed by atoms with Crippen molar-refractivity contribution < 1.29 is 14.7 Å². The normalized spacial score (nSPS) is 37.0. The maximum Gasteiger partial charge on any atom is 0.306 e. The van der Waals surface area contributed by atoms with Crippen molar-refractivity contribution in [2.45, 2.75) is 50.6 Å². The Morgan fingerprint density at radius 1 is 1.18 bits per heavy atom. The number of carboxylic acids is 1. The fraction of sp³-hybridized carbons (Fsp3) is 0.833. The Bertz CT molecular complexity index is 319. The Morgan fingerprint density at radius 3 is 2.47 bits per heavy atom. The molecule has 5 heteroatoms. The lowest BCUT2D eigenvalue weighted by molar-refractivity contribution is -0.141. The summed E-state index contributed by atoms with van der Waals surface area (Å²) in [6, 6.07) is 0.00285. The third kappa shape index (κ3) is 2.77. The largest absolute Gasteiger partial charge is 0.481 e. The summed E-state index contributed by atoms with van der Waals surface area (Å²) in [5.74, 6) is -1.10. The van der Waals surface area contributed by atoms with Crippen LogP contribution < -0.4 is 11.1 Å². The van der Waals surface area contributed by atoms with Crippen LogP contribution in [0.5, 0.6) is 0 Å². The van der Waals surface area contributed by atoms with Gasteiger partial charge in [-0.3, -0.25) is 9.59 Å². The van der Waals surface area contributed by atoms with Gasteiger partial charge in [-0.05, 0) is 32.1 Å². The number of carbonyl (C=O) groups is 2. The zero-order valence-corrected chi connectivity index (χ0v) is 9.89. The number of aliphatic carboxylic acids is 1. The van der Waals surface area contributed by atoms with Crippen LogP contribution in [0.2, 0.25) is 0 Å². The van der Waals surface area contributed by atoms with Crippen molar-refractivity contribution in [2.24, 2.45) is 17.6 Å². The molecule has 0 aromatic carbocycles. The number of amides is 1. The van der Waals surface area contributed by atoms with Gasteiger partial charge in [0.25, 0.3) is 0 Å². The first-order valence-corrected chi connectivity index (χ1v) is 6.36. The molecule has 2 saturated carbocycles. The summed E-state index contributed by atoms with van der Waals surface area (Å²) >= 11 is 0. The highest BCUT2D eigenvalue weighted by molar-refractivity contribution is 5.80. The van der Waals surface area contributed by atoms with E-state index < -0.39 is 5.97 Å². The van der Waals surface area contributed by atoms with Gasteiger partial charge in [-0.15, -0.1) is 0 Å². The predicted molar refractivity (Wildman–Crippen MR) is 62.2 cm³/mol. The van der Waals surface area contributed by atoms with Gasteiger partial charge in [-0.1, -0.05) is 6.42 Å². The SMILES string of the molecule is NC1CCCC1C(=O)NC1CCC(C(=O)O)C1. The fourth-order valence-corrected chi connectivity index (χ4v) is 2.96. The number of nitrogens with two attached hydrogens (primary N) is 1. The van der Waals surface area contributed by atoms with Gasteiger partial charge in [0.1, 0.15) is 0 Å². The minimum Gasteiger partial charge on any atom is -0.481 e. The van der Waals surface area contributed by atoms with Crippen molar-refractivity contribution in [2.75, 3.05) is 0 Å². The van der Waals surface area contributed by atoms with E-state index in [1.165, 1.54) is 0 Å². The van der Waals surface area contributed by atoms with Gasteiger partial charge in [0.15, 0.2) is 0 Å². The van der Waals surface area contributed by atoms with Gasteiger partial charge in [0.2, 0.25) is 5.91 Å². The Kier molecular flexibility index (Phi) is 3.66. The highest BCUT2D eigenvalue weighted by Crippen LogP contribution is 2.28. The average molecular weight is 240 g/mol. The summed E-state index contributed by atoms with van der Waals surface area (Å²) in [7, 11) is 0. The van der Waals surface area contributed by atoms with Crippen molar-refractivity contribution in [3.8, 4) is 0 Å². The number of hydrogen-bond acceptors (Lipinski definition) is 3. The van der Waals surface area contributed by atoms with Crippen molar-refractivity contribution >= 4 is 11.9 Å². The third-order valence-corrected chi connectivity index (χ3v) is 4.03. The number of nitrogens with one attached hydrogen (secondary N) is 1. The number of hydrogen-bond donors (Lipinski definition) is 3. The van der Waals surface area contributed by atoms with E-state index >= 15 is 0 Å². The monoisotopic (exact) mass is 240 g/mol. The standard InChI is InChI=1S/C12H20N2O3/c13-10-3-1-2-9(10)11(15)14-8-5-4-7(6-8)12(16)17/h7-10H,1-6,13H2,(H,14,15)(H,16,17). The molecule has 1 amide bonds. The molecule has 4 unspecified atom stereocenters. The van der Waals surface area contributed by atoms with E-state index in [2.05, 4.69) is 5.32 Å². The van der Waals surface area contributed by atoms with Crippen LogP contribution in [0.15, 0.2) is 0 Å². The molecule has 0 aromatic rings. The molecule has 2 rings (SSSR count). The second kappa shape index (κ2) is 5.04. The number of rotatable bonds is 3. The van der Waals surface area contributed by atoms with E-state index in [9.17, 15) is 9.59 Å². The maximum atomic E-state index is 11.9. The Hall–Kier alpha value is -1.10. The molecule has 2 fully saturated rings. The van der Waals surface area contributed by atoms with E-state index in [4.69, 9.17) is 10.8 Å². The average Bonchev–Trinajstić information content (AvgIpc) is 2.86. The zero-order valence-electron chi connectivity index (χ0n) is 9.89. The summed E-state index contributed by atoms with van der Waals surface area (Å²) in [5, 5.41) is 11.8. The van der Waals surface area contributed by atoms with Crippen LogP contribution >= 0.6 is 0 Å². The van der Waals surface area contributed by atoms with Gasteiger partial charge in [0.05, 0.1) is 11.8 Å². The molecule has 5 nitrogen and oxygen atoms in total. The summed E-state index contributed by atoms with van der Waals surface area (Å²) < 4.78 is 0. The van der Waals surface area contributed by atoms with Crippen LogP contribution in [-0.2, 0) is 9.59 Å². The van der Waals surface area contributed by atoms with E-state index in [0.29, 0.717) is 12.8 Å². The van der Waals surface area contributed by atoms with E-state index in [-0.39, 0.29) is 29.8 Å².